The Kier molecular flexibility index (Phi) is 3.65. The molecule has 1 heterocycles. The first-order valence-corrected chi connectivity index (χ1v) is 9.01. The fourth-order valence-corrected chi connectivity index (χ4v) is 5.86. The zero-order valence-corrected chi connectivity index (χ0v) is 13.6. The minimum absolute atomic E-state index is 0.581. The molecule has 0 fully saturated rings. The first-order chi connectivity index (χ1) is 11.5. The second-order valence-corrected chi connectivity index (χ2v) is 7.97. The molecule has 0 atom stereocenters. The van der Waals surface area contributed by atoms with E-state index in [1.165, 1.54) is 23.3 Å². The summed E-state index contributed by atoms with van der Waals surface area (Å²) in [5.74, 6) is 0. The molecule has 0 aliphatic carbocycles. The molecule has 3 aromatic rings. The quantitative estimate of drug-likeness (QED) is 0.397. The molecule has 122 valence electrons. The summed E-state index contributed by atoms with van der Waals surface area (Å²) in [7, 11) is -0.962. The SMILES string of the molecule is FC(F)(F)c1cccc([SH]2c3ccccc3Cc3ccccc32)c1. The number of rotatable bonds is 1. The van der Waals surface area contributed by atoms with Gasteiger partial charge in [-0.05, 0) is 62.6 Å². The van der Waals surface area contributed by atoms with Crippen molar-refractivity contribution in [3.8, 4) is 0 Å². The second kappa shape index (κ2) is 5.71. The number of halogens is 3. The minimum atomic E-state index is -4.32. The van der Waals surface area contributed by atoms with E-state index in [1.807, 2.05) is 30.3 Å². The third-order valence-corrected chi connectivity index (χ3v) is 6.91. The lowest BCUT2D eigenvalue weighted by atomic mass is 10.0. The van der Waals surface area contributed by atoms with Crippen molar-refractivity contribution in [1.29, 1.82) is 0 Å². The van der Waals surface area contributed by atoms with Crippen LogP contribution in [0.5, 0.6) is 0 Å². The summed E-state index contributed by atoms with van der Waals surface area (Å²) in [5, 5.41) is 0. The Hall–Kier alpha value is -2.20. The van der Waals surface area contributed by atoms with Crippen molar-refractivity contribution in [2.24, 2.45) is 0 Å². The molecule has 3 aromatic carbocycles. The van der Waals surface area contributed by atoms with E-state index in [-0.39, 0.29) is 0 Å². The van der Waals surface area contributed by atoms with E-state index in [0.29, 0.717) is 0 Å². The fraction of sp³-hybridized carbons (Fsp3) is 0.100. The summed E-state index contributed by atoms with van der Waals surface area (Å²) in [6.45, 7) is 0. The number of thiol groups is 1. The van der Waals surface area contributed by atoms with Gasteiger partial charge in [-0.2, -0.15) is 24.1 Å². The van der Waals surface area contributed by atoms with Gasteiger partial charge in [-0.3, -0.25) is 0 Å². The molecule has 4 rings (SSSR count). The van der Waals surface area contributed by atoms with Gasteiger partial charge in [0.15, 0.2) is 0 Å². The van der Waals surface area contributed by atoms with Crippen molar-refractivity contribution in [2.45, 2.75) is 27.3 Å². The van der Waals surface area contributed by atoms with Gasteiger partial charge in [0, 0.05) is 0 Å². The lowest BCUT2D eigenvalue weighted by molar-refractivity contribution is -0.137. The lowest BCUT2D eigenvalue weighted by Crippen LogP contribution is -2.07. The average molecular weight is 344 g/mol. The van der Waals surface area contributed by atoms with Gasteiger partial charge in [-0.1, -0.05) is 42.5 Å². The number of hydrogen-bond donors (Lipinski definition) is 1. The first-order valence-electron chi connectivity index (χ1n) is 7.67. The molecule has 1 aliphatic rings. The molecular weight excluding hydrogens is 329 g/mol. The van der Waals surface area contributed by atoms with Crippen LogP contribution in [0.3, 0.4) is 0 Å². The van der Waals surface area contributed by atoms with Gasteiger partial charge in [0.1, 0.15) is 0 Å². The number of fused-ring (bicyclic) bond motifs is 2. The summed E-state index contributed by atoms with van der Waals surface area (Å²) < 4.78 is 39.4. The molecule has 0 aromatic heterocycles. The van der Waals surface area contributed by atoms with Gasteiger partial charge in [-0.15, -0.1) is 0 Å². The summed E-state index contributed by atoms with van der Waals surface area (Å²) in [5.41, 5.74) is 1.84. The second-order valence-electron chi connectivity index (χ2n) is 5.82. The van der Waals surface area contributed by atoms with Crippen LogP contribution in [0.4, 0.5) is 13.2 Å². The van der Waals surface area contributed by atoms with Gasteiger partial charge in [0.05, 0.1) is 5.56 Å². The van der Waals surface area contributed by atoms with Crippen LogP contribution >= 0.6 is 10.9 Å². The summed E-state index contributed by atoms with van der Waals surface area (Å²) in [6, 6.07) is 22.0. The van der Waals surface area contributed by atoms with Crippen LogP contribution < -0.4 is 0 Å². The molecular formula is C20H15F3S. The zero-order valence-electron chi connectivity index (χ0n) is 12.7. The Bertz CT molecular complexity index is 854. The third kappa shape index (κ3) is 2.61. The Labute approximate surface area is 141 Å². The van der Waals surface area contributed by atoms with E-state index in [9.17, 15) is 13.2 Å². The molecule has 0 saturated heterocycles. The van der Waals surface area contributed by atoms with Crippen molar-refractivity contribution < 1.29 is 13.2 Å². The Morgan fingerprint density at radius 2 is 1.29 bits per heavy atom. The smallest absolute Gasteiger partial charge is 0.172 e. The van der Waals surface area contributed by atoms with Crippen molar-refractivity contribution in [1.82, 2.24) is 0 Å². The monoisotopic (exact) mass is 344 g/mol. The van der Waals surface area contributed by atoms with Crippen LogP contribution in [-0.4, -0.2) is 0 Å². The van der Waals surface area contributed by atoms with Crippen LogP contribution in [0.25, 0.3) is 0 Å². The molecule has 24 heavy (non-hydrogen) atoms. The minimum Gasteiger partial charge on any atom is -0.172 e. The van der Waals surface area contributed by atoms with E-state index in [4.69, 9.17) is 0 Å². The van der Waals surface area contributed by atoms with Crippen molar-refractivity contribution in [3.05, 3.63) is 89.5 Å². The van der Waals surface area contributed by atoms with Gasteiger partial charge >= 0.3 is 6.18 Å². The summed E-state index contributed by atoms with van der Waals surface area (Å²) >= 11 is 0. The van der Waals surface area contributed by atoms with Crippen LogP contribution in [0.15, 0.2) is 87.5 Å². The maximum atomic E-state index is 13.1. The van der Waals surface area contributed by atoms with Crippen LogP contribution in [-0.2, 0) is 12.6 Å². The molecule has 0 unspecified atom stereocenters. The average Bonchev–Trinajstić information content (AvgIpc) is 2.59. The standard InChI is InChI=1S/C20H15F3S/c21-20(22,23)16-8-5-9-17(13-16)24-18-10-3-1-6-14(18)12-15-7-2-4-11-19(15)24/h1-11,13,24H,12H2. The third-order valence-electron chi connectivity index (χ3n) is 4.28. The van der Waals surface area contributed by atoms with Gasteiger partial charge in [0.25, 0.3) is 0 Å². The highest BCUT2D eigenvalue weighted by Crippen LogP contribution is 2.57. The Balaban J connectivity index is 1.92. The van der Waals surface area contributed by atoms with Crippen LogP contribution in [0.1, 0.15) is 16.7 Å². The molecule has 4 heteroatoms. The van der Waals surface area contributed by atoms with Gasteiger partial charge < -0.3 is 0 Å². The molecule has 1 aliphatic heterocycles. The van der Waals surface area contributed by atoms with Crippen LogP contribution in [0, 0.1) is 0 Å². The van der Waals surface area contributed by atoms with Crippen molar-refractivity contribution in [2.75, 3.05) is 0 Å². The summed E-state index contributed by atoms with van der Waals surface area (Å²) in [6.07, 6.45) is -3.48. The molecule has 0 radical (unpaired) electrons. The number of benzene rings is 3. The van der Waals surface area contributed by atoms with E-state index >= 15 is 0 Å². The molecule has 0 saturated carbocycles. The highest BCUT2D eigenvalue weighted by atomic mass is 32.2. The summed E-state index contributed by atoms with van der Waals surface area (Å²) in [4.78, 5) is 3.07. The molecule has 0 N–H and O–H groups in total. The molecule has 0 bridgehead atoms. The van der Waals surface area contributed by atoms with E-state index in [1.54, 1.807) is 0 Å². The largest absolute Gasteiger partial charge is 0.416 e. The maximum absolute atomic E-state index is 13.1. The van der Waals surface area contributed by atoms with Crippen LogP contribution in [0.2, 0.25) is 0 Å². The number of alkyl halides is 3. The molecule has 0 nitrogen and oxygen atoms in total. The fourth-order valence-electron chi connectivity index (χ4n) is 3.19. The topological polar surface area (TPSA) is 0 Å². The van der Waals surface area contributed by atoms with Gasteiger partial charge in [0.2, 0.25) is 0 Å². The highest BCUT2D eigenvalue weighted by Gasteiger charge is 2.32. The zero-order chi connectivity index (χ0) is 16.7. The Morgan fingerprint density at radius 1 is 0.708 bits per heavy atom. The predicted molar refractivity (Wildman–Crippen MR) is 90.9 cm³/mol. The normalized spacial score (nSPS) is 14.9. The molecule has 0 amide bonds. The van der Waals surface area contributed by atoms with E-state index < -0.39 is 22.6 Å². The lowest BCUT2D eigenvalue weighted by Gasteiger charge is -2.32. The maximum Gasteiger partial charge on any atom is 0.416 e. The molecule has 0 spiro atoms. The first kappa shape index (κ1) is 15.3. The van der Waals surface area contributed by atoms with E-state index in [2.05, 4.69) is 24.3 Å². The Morgan fingerprint density at radius 3 is 1.88 bits per heavy atom. The highest BCUT2D eigenvalue weighted by molar-refractivity contribution is 8.17. The van der Waals surface area contributed by atoms with Crippen molar-refractivity contribution in [3.63, 3.8) is 0 Å². The predicted octanol–water partition coefficient (Wildman–Crippen LogP) is 6.09. The number of hydrogen-bond acceptors (Lipinski definition) is 0. The van der Waals surface area contributed by atoms with E-state index in [0.717, 1.165) is 27.2 Å². The van der Waals surface area contributed by atoms with Gasteiger partial charge in [-0.25, -0.2) is 0 Å². The van der Waals surface area contributed by atoms with Crippen molar-refractivity contribution >= 4 is 10.9 Å².